The van der Waals surface area contributed by atoms with Gasteiger partial charge in [-0.1, -0.05) is 24.3 Å². The first kappa shape index (κ1) is 19.8. The summed E-state index contributed by atoms with van der Waals surface area (Å²) in [6.45, 7) is 14.9. The maximum Gasteiger partial charge on any atom is 0.161 e. The van der Waals surface area contributed by atoms with E-state index >= 15 is 0 Å². The number of phenols is 1. The summed E-state index contributed by atoms with van der Waals surface area (Å²) in [5, 5.41) is 10.1. The number of hydrogen-bond donors (Lipinski definition) is 1. The Kier molecular flexibility index (Phi) is 5.27. The molecule has 0 fully saturated rings. The van der Waals surface area contributed by atoms with Crippen molar-refractivity contribution in [1.82, 2.24) is 4.90 Å². The maximum atomic E-state index is 10.1. The molecule has 0 amide bonds. The van der Waals surface area contributed by atoms with Crippen molar-refractivity contribution in [2.24, 2.45) is 0 Å². The monoisotopic (exact) mass is 367 g/mol. The van der Waals surface area contributed by atoms with Gasteiger partial charge in [0.05, 0.1) is 0 Å². The quantitative estimate of drug-likeness (QED) is 0.746. The zero-order valence-electron chi connectivity index (χ0n) is 17.6. The third-order valence-corrected chi connectivity index (χ3v) is 5.54. The van der Waals surface area contributed by atoms with E-state index < -0.39 is 0 Å². The van der Waals surface area contributed by atoms with Gasteiger partial charge in [0.1, 0.15) is 5.60 Å². The van der Waals surface area contributed by atoms with Crippen molar-refractivity contribution in [3.8, 4) is 11.5 Å². The summed E-state index contributed by atoms with van der Waals surface area (Å²) in [7, 11) is 0. The van der Waals surface area contributed by atoms with Crippen molar-refractivity contribution in [3.05, 3.63) is 58.7 Å². The molecule has 0 spiro atoms. The molecule has 1 heterocycles. The standard InChI is InChI=1S/C24H33NO2/c1-17-8-7-9-19-15-25(16-20(17)19)24(5,6)13-12-18-10-11-21(26)22(14-18)27-23(2,3)4/h7-11,14,26H,12-13,15-16H2,1-6H3. The van der Waals surface area contributed by atoms with Crippen LogP contribution in [0.1, 0.15) is 63.3 Å². The predicted octanol–water partition coefficient (Wildman–Crippen LogP) is 5.60. The van der Waals surface area contributed by atoms with Crippen LogP contribution in [0.25, 0.3) is 0 Å². The summed E-state index contributed by atoms with van der Waals surface area (Å²) in [4.78, 5) is 2.58. The summed E-state index contributed by atoms with van der Waals surface area (Å²) < 4.78 is 5.90. The molecule has 0 bridgehead atoms. The van der Waals surface area contributed by atoms with Gasteiger partial charge in [-0.25, -0.2) is 0 Å². The number of nitrogens with zero attached hydrogens (tertiary/aromatic N) is 1. The van der Waals surface area contributed by atoms with E-state index in [9.17, 15) is 5.11 Å². The average molecular weight is 368 g/mol. The Morgan fingerprint density at radius 3 is 2.44 bits per heavy atom. The van der Waals surface area contributed by atoms with E-state index in [1.165, 1.54) is 22.3 Å². The Bertz CT molecular complexity index is 818. The molecule has 0 aromatic heterocycles. The fraction of sp³-hybridized carbons (Fsp3) is 0.500. The van der Waals surface area contributed by atoms with Crippen molar-refractivity contribution in [3.63, 3.8) is 0 Å². The molecule has 0 saturated heterocycles. The summed E-state index contributed by atoms with van der Waals surface area (Å²) in [6.07, 6.45) is 2.01. The molecule has 0 radical (unpaired) electrons. The van der Waals surface area contributed by atoms with Crippen LogP contribution >= 0.6 is 0 Å². The van der Waals surface area contributed by atoms with Crippen LogP contribution in [0.15, 0.2) is 36.4 Å². The van der Waals surface area contributed by atoms with Crippen LogP contribution < -0.4 is 4.74 Å². The zero-order valence-corrected chi connectivity index (χ0v) is 17.6. The van der Waals surface area contributed by atoms with E-state index in [4.69, 9.17) is 4.74 Å². The second-order valence-electron chi connectivity index (χ2n) is 9.40. The molecule has 1 aliphatic rings. The first-order valence-corrected chi connectivity index (χ1v) is 9.88. The lowest BCUT2D eigenvalue weighted by atomic mass is 9.93. The molecule has 3 rings (SSSR count). The molecular weight excluding hydrogens is 334 g/mol. The first-order chi connectivity index (χ1) is 12.5. The topological polar surface area (TPSA) is 32.7 Å². The van der Waals surface area contributed by atoms with Crippen LogP contribution in [0.5, 0.6) is 11.5 Å². The van der Waals surface area contributed by atoms with E-state index in [1.807, 2.05) is 32.9 Å². The minimum absolute atomic E-state index is 0.106. The average Bonchev–Trinajstić information content (AvgIpc) is 3.01. The number of ether oxygens (including phenoxy) is 1. The Morgan fingerprint density at radius 2 is 1.78 bits per heavy atom. The van der Waals surface area contributed by atoms with Crippen LogP contribution in [0.2, 0.25) is 0 Å². The van der Waals surface area contributed by atoms with Crippen LogP contribution in [-0.2, 0) is 19.5 Å². The fourth-order valence-corrected chi connectivity index (χ4v) is 3.75. The van der Waals surface area contributed by atoms with E-state index in [1.54, 1.807) is 6.07 Å². The number of fused-ring (bicyclic) bond motifs is 1. The highest BCUT2D eigenvalue weighted by atomic mass is 16.5. The highest BCUT2D eigenvalue weighted by Gasteiger charge is 2.32. The highest BCUT2D eigenvalue weighted by molar-refractivity contribution is 5.42. The van der Waals surface area contributed by atoms with Crippen LogP contribution in [0, 0.1) is 6.92 Å². The van der Waals surface area contributed by atoms with Crippen molar-refractivity contribution in [2.45, 2.75) is 78.6 Å². The SMILES string of the molecule is Cc1cccc2c1CN(C(C)(C)CCc1ccc(O)c(OC(C)(C)C)c1)C2. The molecule has 0 saturated carbocycles. The number of rotatable bonds is 5. The molecule has 0 aliphatic carbocycles. The predicted molar refractivity (Wildman–Crippen MR) is 111 cm³/mol. The number of benzene rings is 2. The lowest BCUT2D eigenvalue weighted by molar-refractivity contribution is 0.109. The smallest absolute Gasteiger partial charge is 0.161 e. The van der Waals surface area contributed by atoms with Crippen LogP contribution in [0.4, 0.5) is 0 Å². The van der Waals surface area contributed by atoms with Gasteiger partial charge in [0.25, 0.3) is 0 Å². The van der Waals surface area contributed by atoms with Crippen LogP contribution in [0.3, 0.4) is 0 Å². The van der Waals surface area contributed by atoms with Gasteiger partial charge in [-0.3, -0.25) is 4.90 Å². The second-order valence-corrected chi connectivity index (χ2v) is 9.40. The Labute approximate surface area is 164 Å². The molecule has 2 aromatic rings. The Hall–Kier alpha value is -2.00. The fourth-order valence-electron chi connectivity index (χ4n) is 3.75. The van der Waals surface area contributed by atoms with Crippen molar-refractivity contribution < 1.29 is 9.84 Å². The van der Waals surface area contributed by atoms with Crippen LogP contribution in [-0.4, -0.2) is 21.1 Å². The molecule has 27 heavy (non-hydrogen) atoms. The Morgan fingerprint density at radius 1 is 1.04 bits per heavy atom. The van der Waals surface area contributed by atoms with Gasteiger partial charge in [0.2, 0.25) is 0 Å². The van der Waals surface area contributed by atoms with Crippen molar-refractivity contribution in [1.29, 1.82) is 0 Å². The maximum absolute atomic E-state index is 10.1. The molecule has 2 aromatic carbocycles. The summed E-state index contributed by atoms with van der Waals surface area (Å²) in [5.41, 5.74) is 5.34. The summed E-state index contributed by atoms with van der Waals surface area (Å²) in [6, 6.07) is 12.4. The van der Waals surface area contributed by atoms with Gasteiger partial charge in [0.15, 0.2) is 11.5 Å². The van der Waals surface area contributed by atoms with E-state index in [0.29, 0.717) is 5.75 Å². The van der Waals surface area contributed by atoms with E-state index in [0.717, 1.165) is 25.9 Å². The lowest BCUT2D eigenvalue weighted by Crippen LogP contribution is -2.40. The largest absolute Gasteiger partial charge is 0.504 e. The molecule has 3 heteroatoms. The summed E-state index contributed by atoms with van der Waals surface area (Å²) >= 11 is 0. The Balaban J connectivity index is 1.68. The number of aromatic hydroxyl groups is 1. The van der Waals surface area contributed by atoms with Gasteiger partial charge in [-0.2, -0.15) is 0 Å². The molecular formula is C24H33NO2. The molecule has 0 atom stereocenters. The molecule has 0 unspecified atom stereocenters. The molecule has 3 nitrogen and oxygen atoms in total. The molecule has 1 N–H and O–H groups in total. The number of hydrogen-bond acceptors (Lipinski definition) is 3. The van der Waals surface area contributed by atoms with Gasteiger partial charge >= 0.3 is 0 Å². The lowest BCUT2D eigenvalue weighted by Gasteiger charge is -2.35. The summed E-state index contributed by atoms with van der Waals surface area (Å²) in [5.74, 6) is 0.778. The van der Waals surface area contributed by atoms with E-state index in [-0.39, 0.29) is 16.9 Å². The van der Waals surface area contributed by atoms with Gasteiger partial charge < -0.3 is 9.84 Å². The number of phenolic OH excluding ortho intramolecular Hbond substituents is 1. The number of aryl methyl sites for hydroxylation is 2. The van der Waals surface area contributed by atoms with E-state index in [2.05, 4.69) is 43.9 Å². The van der Waals surface area contributed by atoms with Gasteiger partial charge in [-0.15, -0.1) is 0 Å². The third-order valence-electron chi connectivity index (χ3n) is 5.54. The zero-order chi connectivity index (χ0) is 19.8. The minimum Gasteiger partial charge on any atom is -0.504 e. The van der Waals surface area contributed by atoms with Gasteiger partial charge in [0, 0.05) is 18.6 Å². The second kappa shape index (κ2) is 7.20. The minimum atomic E-state index is -0.325. The van der Waals surface area contributed by atoms with Crippen molar-refractivity contribution in [2.75, 3.05) is 0 Å². The highest BCUT2D eigenvalue weighted by Crippen LogP contribution is 2.35. The molecule has 146 valence electrons. The first-order valence-electron chi connectivity index (χ1n) is 9.88. The molecule has 1 aliphatic heterocycles. The van der Waals surface area contributed by atoms with Crippen molar-refractivity contribution >= 4 is 0 Å². The normalized spacial score (nSPS) is 15.0. The third kappa shape index (κ3) is 4.65. The van der Waals surface area contributed by atoms with Gasteiger partial charge in [-0.05, 0) is 88.8 Å².